The monoisotopic (exact) mass is 726 g/mol. The Balaban J connectivity index is 0.00000123. The van der Waals surface area contributed by atoms with Crippen LogP contribution in [0.5, 0.6) is 0 Å². The summed E-state index contributed by atoms with van der Waals surface area (Å²) in [5.74, 6) is -0.376. The van der Waals surface area contributed by atoms with Crippen LogP contribution in [0.2, 0.25) is 0 Å². The molecule has 52 heavy (non-hydrogen) atoms. The summed E-state index contributed by atoms with van der Waals surface area (Å²) in [5, 5.41) is 17.3. The maximum atomic E-state index is 13.4. The van der Waals surface area contributed by atoms with Crippen molar-refractivity contribution >= 4 is 23.2 Å². The van der Waals surface area contributed by atoms with Crippen LogP contribution in [0, 0.1) is 26.7 Å². The summed E-state index contributed by atoms with van der Waals surface area (Å²) in [5.41, 5.74) is 3.20. The zero-order chi connectivity index (χ0) is 39.4. The van der Waals surface area contributed by atoms with E-state index < -0.39 is 17.0 Å². The molecule has 2 heterocycles. The largest absolute Gasteiger partial charge is 0.444 e. The summed E-state index contributed by atoms with van der Waals surface area (Å²) in [6.07, 6.45) is 5.95. The van der Waals surface area contributed by atoms with Crippen molar-refractivity contribution < 1.29 is 29.3 Å². The van der Waals surface area contributed by atoms with Crippen LogP contribution in [0.3, 0.4) is 0 Å². The molecule has 0 saturated heterocycles. The molecule has 2 amide bonds. The van der Waals surface area contributed by atoms with Gasteiger partial charge in [-0.1, -0.05) is 44.2 Å². The first-order chi connectivity index (χ1) is 24.1. The van der Waals surface area contributed by atoms with Crippen molar-refractivity contribution in [2.45, 2.75) is 145 Å². The Morgan fingerprint density at radius 3 is 1.92 bits per heavy atom. The van der Waals surface area contributed by atoms with Crippen molar-refractivity contribution in [3.8, 4) is 0 Å². The molecule has 2 atom stereocenters. The van der Waals surface area contributed by atoms with Crippen LogP contribution in [0.1, 0.15) is 124 Å². The van der Waals surface area contributed by atoms with Gasteiger partial charge in [0, 0.05) is 43.8 Å². The Morgan fingerprint density at radius 2 is 1.37 bits per heavy atom. The number of rotatable bonds is 10. The third-order valence-corrected chi connectivity index (χ3v) is 8.21. The van der Waals surface area contributed by atoms with E-state index in [0.29, 0.717) is 44.6 Å². The van der Waals surface area contributed by atoms with E-state index in [1.54, 1.807) is 4.90 Å². The second-order valence-electron chi connectivity index (χ2n) is 16.1. The van der Waals surface area contributed by atoms with E-state index in [9.17, 15) is 9.59 Å². The minimum Gasteiger partial charge on any atom is -0.444 e. The quantitative estimate of drug-likeness (QED) is 0.199. The van der Waals surface area contributed by atoms with Gasteiger partial charge in [0.05, 0.1) is 5.69 Å². The first-order valence-corrected chi connectivity index (χ1v) is 18.9. The lowest BCUT2D eigenvalue weighted by Gasteiger charge is -2.31. The number of aryl methyl sites for hydroxylation is 3. The van der Waals surface area contributed by atoms with Crippen LogP contribution < -0.4 is 0 Å². The number of ether oxygens (including phenoxy) is 2. The molecule has 1 aliphatic carbocycles. The summed E-state index contributed by atoms with van der Waals surface area (Å²) in [6.45, 7) is 26.2. The van der Waals surface area contributed by atoms with Crippen molar-refractivity contribution in [1.29, 1.82) is 0 Å². The van der Waals surface area contributed by atoms with E-state index in [-0.39, 0.29) is 12.2 Å². The molecule has 0 spiro atoms. The highest BCUT2D eigenvalue weighted by atomic mass is 16.6. The van der Waals surface area contributed by atoms with Crippen molar-refractivity contribution in [3.05, 3.63) is 59.2 Å². The van der Waals surface area contributed by atoms with Gasteiger partial charge in [-0.25, -0.2) is 19.6 Å². The fourth-order valence-corrected chi connectivity index (χ4v) is 6.30. The first kappa shape index (κ1) is 44.5. The zero-order valence-corrected chi connectivity index (χ0v) is 34.2. The number of benzene rings is 1. The van der Waals surface area contributed by atoms with Gasteiger partial charge in [-0.2, -0.15) is 0 Å². The maximum absolute atomic E-state index is 13.4. The Hall–Kier alpha value is -3.70. The van der Waals surface area contributed by atoms with Gasteiger partial charge in [0.2, 0.25) is 0 Å². The predicted octanol–water partition coefficient (Wildman–Crippen LogP) is 8.54. The average molecular weight is 726 g/mol. The molecule has 1 aliphatic rings. The van der Waals surface area contributed by atoms with Crippen LogP contribution in [0.4, 0.5) is 9.59 Å². The molecule has 0 radical (unpaired) electrons. The van der Waals surface area contributed by atoms with Gasteiger partial charge in [0.15, 0.2) is 5.79 Å². The molecule has 0 bridgehead atoms. The van der Waals surface area contributed by atoms with E-state index in [2.05, 4.69) is 41.7 Å². The fourth-order valence-electron chi connectivity index (χ4n) is 6.30. The third-order valence-electron chi connectivity index (χ3n) is 8.21. The number of hydrogen-bond acceptors (Lipinski definition) is 8. The lowest BCUT2D eigenvalue weighted by molar-refractivity contribution is -0.127. The zero-order valence-electron chi connectivity index (χ0n) is 34.2. The lowest BCUT2D eigenvalue weighted by atomic mass is 10.1. The van der Waals surface area contributed by atoms with E-state index >= 15 is 0 Å². The van der Waals surface area contributed by atoms with Crippen LogP contribution in [0.15, 0.2) is 36.5 Å². The molecular formula is C41H67N5O6. The van der Waals surface area contributed by atoms with Gasteiger partial charge in [-0.15, -0.1) is 0 Å². The molecule has 2 N–H and O–H groups in total. The van der Waals surface area contributed by atoms with Crippen LogP contribution >= 0.6 is 0 Å². The minimum atomic E-state index is -1.50. The van der Waals surface area contributed by atoms with Crippen molar-refractivity contribution in [2.75, 3.05) is 26.2 Å². The number of aliphatic hydroxyl groups is 2. The number of amides is 2. The summed E-state index contributed by atoms with van der Waals surface area (Å²) >= 11 is 0. The molecule has 1 fully saturated rings. The molecule has 292 valence electrons. The van der Waals surface area contributed by atoms with Gasteiger partial charge < -0.3 is 34.1 Å². The van der Waals surface area contributed by atoms with E-state index in [1.807, 2.05) is 85.4 Å². The molecule has 1 saturated carbocycles. The second kappa shape index (κ2) is 19.4. The second-order valence-corrected chi connectivity index (χ2v) is 16.1. The number of fused-ring (bicyclic) bond motifs is 1. The number of carbonyl (C=O) groups is 2. The van der Waals surface area contributed by atoms with Crippen molar-refractivity contribution in [2.24, 2.45) is 5.92 Å². The molecule has 4 rings (SSSR count). The topological polar surface area (TPSA) is 130 Å². The maximum Gasteiger partial charge on any atom is 0.410 e. The highest BCUT2D eigenvalue weighted by Gasteiger charge is 2.32. The molecule has 0 aliphatic heterocycles. The SMILES string of the molecule is CC.CC(C)(O)O.Cc1nc(C)c2c(C)cn([C@H]3CC[C@@H](CN(CCCN(CCc4ccccc4)C(=O)OC(C)(C)C)C(=O)OC(C)(C)C)C3)c2n1. The lowest BCUT2D eigenvalue weighted by Crippen LogP contribution is -2.42. The third kappa shape index (κ3) is 15.5. The predicted molar refractivity (Wildman–Crippen MR) is 208 cm³/mol. The van der Waals surface area contributed by atoms with Gasteiger partial charge in [-0.05, 0) is 125 Å². The van der Waals surface area contributed by atoms with Crippen molar-refractivity contribution in [3.63, 3.8) is 0 Å². The molecule has 11 heteroatoms. The number of aromatic nitrogens is 3. The molecule has 0 unspecified atom stereocenters. The highest BCUT2D eigenvalue weighted by molar-refractivity contribution is 5.82. The van der Waals surface area contributed by atoms with Crippen LogP contribution in [0.25, 0.3) is 11.0 Å². The highest BCUT2D eigenvalue weighted by Crippen LogP contribution is 2.38. The molecule has 1 aromatic carbocycles. The molecular weight excluding hydrogens is 658 g/mol. The number of carbonyl (C=O) groups excluding carboxylic acids is 2. The standard InChI is InChI=1S/C36H53N5O4.C3H8O2.C2H6/c1-25-23-41(32-31(25)26(2)37-27(3)38-32)30-17-16-29(22-30)24-40(34(43)45-36(7,8)9)20-13-19-39(33(42)44-35(4,5)6)21-18-28-14-11-10-12-15-28;1-3(2,4)5;1-2/h10-12,14-15,23,29-30H,13,16-22,24H2,1-9H3;4-5H,1-2H3;1-2H3/t29-,30+;;/m1../s1. The Labute approximate surface area is 312 Å². The van der Waals surface area contributed by atoms with Crippen LogP contribution in [-0.4, -0.2) is 89.9 Å². The molecule has 3 aromatic rings. The number of hydrogen-bond donors (Lipinski definition) is 2. The van der Waals surface area contributed by atoms with E-state index in [4.69, 9.17) is 24.7 Å². The Bertz CT molecular complexity index is 1550. The van der Waals surface area contributed by atoms with E-state index in [0.717, 1.165) is 48.2 Å². The molecule has 2 aromatic heterocycles. The van der Waals surface area contributed by atoms with Crippen LogP contribution in [-0.2, 0) is 15.9 Å². The van der Waals surface area contributed by atoms with Gasteiger partial charge in [0.25, 0.3) is 0 Å². The fraction of sp³-hybridized carbons (Fsp3) is 0.659. The summed E-state index contributed by atoms with van der Waals surface area (Å²) < 4.78 is 13.9. The van der Waals surface area contributed by atoms with Gasteiger partial charge in [-0.3, -0.25) is 0 Å². The van der Waals surface area contributed by atoms with Gasteiger partial charge in [0.1, 0.15) is 22.7 Å². The van der Waals surface area contributed by atoms with Gasteiger partial charge >= 0.3 is 12.2 Å². The molecule has 11 nitrogen and oxygen atoms in total. The average Bonchev–Trinajstić information content (AvgIpc) is 3.61. The summed E-state index contributed by atoms with van der Waals surface area (Å²) in [7, 11) is 0. The van der Waals surface area contributed by atoms with Crippen molar-refractivity contribution in [1.82, 2.24) is 24.3 Å². The van der Waals surface area contributed by atoms with E-state index in [1.165, 1.54) is 25.0 Å². The normalized spacial score (nSPS) is 16.0. The summed E-state index contributed by atoms with van der Waals surface area (Å²) in [6, 6.07) is 10.5. The smallest absolute Gasteiger partial charge is 0.410 e. The number of nitrogens with zero attached hydrogens (tertiary/aromatic N) is 5. The minimum absolute atomic E-state index is 0.305. The Morgan fingerprint density at radius 1 is 0.827 bits per heavy atom. The first-order valence-electron chi connectivity index (χ1n) is 18.9. The Kier molecular flexibility index (Phi) is 16.6. The summed E-state index contributed by atoms with van der Waals surface area (Å²) in [4.78, 5) is 39.6.